The normalized spacial score (nSPS) is 10.4. The van der Waals surface area contributed by atoms with Crippen molar-refractivity contribution in [3.8, 4) is 0 Å². The first-order valence-electron chi connectivity index (χ1n) is 5.29. The second-order valence-electron chi connectivity index (χ2n) is 3.46. The van der Waals surface area contributed by atoms with Gasteiger partial charge in [0.1, 0.15) is 5.82 Å². The van der Waals surface area contributed by atoms with Crippen LogP contribution < -0.4 is 5.32 Å². The Morgan fingerprint density at radius 2 is 2.19 bits per heavy atom. The zero-order valence-electron chi connectivity index (χ0n) is 9.15. The maximum absolute atomic E-state index is 4.32. The van der Waals surface area contributed by atoms with Gasteiger partial charge in [-0.15, -0.1) is 0 Å². The Labute approximate surface area is 104 Å². The highest BCUT2D eigenvalue weighted by Crippen LogP contribution is 2.21. The minimum absolute atomic E-state index is 0.740. The molecule has 2 rings (SSSR count). The molecule has 0 aliphatic heterocycles. The van der Waals surface area contributed by atoms with Gasteiger partial charge in [-0.2, -0.15) is 0 Å². The maximum atomic E-state index is 4.32. The highest BCUT2D eigenvalue weighted by molar-refractivity contribution is 9.10. The molecule has 4 heteroatoms. The molecule has 1 N–H and O–H groups in total. The SMILES string of the molecule is CCn1ccnc1CNc1ccccc1Br. The molecule has 2 aromatic rings. The average molecular weight is 280 g/mol. The van der Waals surface area contributed by atoms with Gasteiger partial charge in [0, 0.05) is 29.1 Å². The molecule has 0 atom stereocenters. The summed E-state index contributed by atoms with van der Waals surface area (Å²) in [6.45, 7) is 3.81. The van der Waals surface area contributed by atoms with Crippen molar-refractivity contribution >= 4 is 21.6 Å². The lowest BCUT2D eigenvalue weighted by Gasteiger charge is -2.09. The smallest absolute Gasteiger partial charge is 0.128 e. The molecule has 0 spiro atoms. The van der Waals surface area contributed by atoms with Gasteiger partial charge >= 0.3 is 0 Å². The topological polar surface area (TPSA) is 29.9 Å². The van der Waals surface area contributed by atoms with Gasteiger partial charge in [-0.25, -0.2) is 4.98 Å². The Kier molecular flexibility index (Phi) is 3.62. The summed E-state index contributed by atoms with van der Waals surface area (Å²) in [5.74, 6) is 1.05. The van der Waals surface area contributed by atoms with Crippen LogP contribution in [0.25, 0.3) is 0 Å². The van der Waals surface area contributed by atoms with Crippen LogP contribution in [0.1, 0.15) is 12.7 Å². The summed E-state index contributed by atoms with van der Waals surface area (Å²) in [5, 5.41) is 3.36. The summed E-state index contributed by atoms with van der Waals surface area (Å²) in [7, 11) is 0. The van der Waals surface area contributed by atoms with E-state index >= 15 is 0 Å². The Balaban J connectivity index is 2.05. The van der Waals surface area contributed by atoms with E-state index in [1.165, 1.54) is 0 Å². The van der Waals surface area contributed by atoms with E-state index in [0.29, 0.717) is 0 Å². The summed E-state index contributed by atoms with van der Waals surface area (Å²) in [4.78, 5) is 4.32. The molecule has 0 aliphatic rings. The zero-order valence-corrected chi connectivity index (χ0v) is 10.7. The van der Waals surface area contributed by atoms with Crippen molar-refractivity contribution in [1.82, 2.24) is 9.55 Å². The summed E-state index contributed by atoms with van der Waals surface area (Å²) < 4.78 is 3.20. The van der Waals surface area contributed by atoms with Crippen molar-refractivity contribution in [2.24, 2.45) is 0 Å². The molecule has 0 saturated carbocycles. The number of nitrogens with one attached hydrogen (secondary N) is 1. The van der Waals surface area contributed by atoms with Crippen LogP contribution in [0, 0.1) is 0 Å². The van der Waals surface area contributed by atoms with Crippen LogP contribution >= 0.6 is 15.9 Å². The lowest BCUT2D eigenvalue weighted by molar-refractivity contribution is 0.708. The number of aryl methyl sites for hydroxylation is 1. The van der Waals surface area contributed by atoms with Gasteiger partial charge in [-0.1, -0.05) is 12.1 Å². The molecule has 0 bridgehead atoms. The molecule has 0 aliphatic carbocycles. The molecule has 1 heterocycles. The van der Waals surface area contributed by atoms with Crippen molar-refractivity contribution in [2.75, 3.05) is 5.32 Å². The summed E-state index contributed by atoms with van der Waals surface area (Å²) in [6.07, 6.45) is 3.83. The summed E-state index contributed by atoms with van der Waals surface area (Å²) in [5.41, 5.74) is 1.09. The molecule has 3 nitrogen and oxygen atoms in total. The predicted molar refractivity (Wildman–Crippen MR) is 69.4 cm³/mol. The third-order valence-corrected chi connectivity index (χ3v) is 3.14. The number of nitrogens with zero attached hydrogens (tertiary/aromatic N) is 2. The van der Waals surface area contributed by atoms with E-state index in [1.807, 2.05) is 36.7 Å². The lowest BCUT2D eigenvalue weighted by atomic mass is 10.3. The molecule has 1 aromatic heterocycles. The first-order chi connectivity index (χ1) is 7.81. The third kappa shape index (κ3) is 2.44. The Morgan fingerprint density at radius 1 is 1.38 bits per heavy atom. The highest BCUT2D eigenvalue weighted by Gasteiger charge is 2.02. The Bertz CT molecular complexity index is 465. The van der Waals surface area contributed by atoms with Gasteiger partial charge in [-0.05, 0) is 35.0 Å². The van der Waals surface area contributed by atoms with E-state index in [0.717, 1.165) is 29.1 Å². The fourth-order valence-corrected chi connectivity index (χ4v) is 2.00. The van der Waals surface area contributed by atoms with Gasteiger partial charge in [0.15, 0.2) is 0 Å². The number of halogens is 1. The number of anilines is 1. The van der Waals surface area contributed by atoms with Crippen LogP contribution in [0.3, 0.4) is 0 Å². The second-order valence-corrected chi connectivity index (χ2v) is 4.32. The van der Waals surface area contributed by atoms with E-state index in [1.54, 1.807) is 0 Å². The number of aromatic nitrogens is 2. The van der Waals surface area contributed by atoms with E-state index in [4.69, 9.17) is 0 Å². The minimum atomic E-state index is 0.740. The number of para-hydroxylation sites is 1. The van der Waals surface area contributed by atoms with Crippen LogP contribution in [-0.2, 0) is 13.1 Å². The fraction of sp³-hybridized carbons (Fsp3) is 0.250. The van der Waals surface area contributed by atoms with E-state index in [9.17, 15) is 0 Å². The van der Waals surface area contributed by atoms with Crippen molar-refractivity contribution < 1.29 is 0 Å². The number of benzene rings is 1. The standard InChI is InChI=1S/C12H14BrN3/c1-2-16-8-7-14-12(16)9-15-11-6-4-3-5-10(11)13/h3-8,15H,2,9H2,1H3. The van der Waals surface area contributed by atoms with E-state index in [2.05, 4.69) is 37.7 Å². The van der Waals surface area contributed by atoms with Crippen LogP contribution in [0.4, 0.5) is 5.69 Å². The van der Waals surface area contributed by atoms with Crippen molar-refractivity contribution in [1.29, 1.82) is 0 Å². The molecule has 0 fully saturated rings. The highest BCUT2D eigenvalue weighted by atomic mass is 79.9. The molecular weight excluding hydrogens is 266 g/mol. The fourth-order valence-electron chi connectivity index (χ4n) is 1.57. The van der Waals surface area contributed by atoms with Gasteiger partial charge in [0.05, 0.1) is 6.54 Å². The molecule has 0 radical (unpaired) electrons. The average Bonchev–Trinajstić information content (AvgIpc) is 2.75. The van der Waals surface area contributed by atoms with Crippen LogP contribution in [0.15, 0.2) is 41.1 Å². The van der Waals surface area contributed by atoms with Gasteiger partial charge in [-0.3, -0.25) is 0 Å². The number of hydrogen-bond acceptors (Lipinski definition) is 2. The summed E-state index contributed by atoms with van der Waals surface area (Å²) in [6, 6.07) is 8.08. The van der Waals surface area contributed by atoms with Gasteiger partial charge < -0.3 is 9.88 Å². The molecule has 0 amide bonds. The monoisotopic (exact) mass is 279 g/mol. The molecule has 84 valence electrons. The minimum Gasteiger partial charge on any atom is -0.377 e. The lowest BCUT2D eigenvalue weighted by Crippen LogP contribution is -2.07. The van der Waals surface area contributed by atoms with E-state index < -0.39 is 0 Å². The van der Waals surface area contributed by atoms with Crippen molar-refractivity contribution in [3.63, 3.8) is 0 Å². The maximum Gasteiger partial charge on any atom is 0.128 e. The van der Waals surface area contributed by atoms with Crippen LogP contribution in [-0.4, -0.2) is 9.55 Å². The first kappa shape index (κ1) is 11.2. The Morgan fingerprint density at radius 3 is 2.94 bits per heavy atom. The molecule has 16 heavy (non-hydrogen) atoms. The van der Waals surface area contributed by atoms with Crippen LogP contribution in [0.5, 0.6) is 0 Å². The number of hydrogen-bond donors (Lipinski definition) is 1. The predicted octanol–water partition coefficient (Wildman–Crippen LogP) is 3.28. The van der Waals surface area contributed by atoms with Crippen molar-refractivity contribution in [2.45, 2.75) is 20.0 Å². The second kappa shape index (κ2) is 5.16. The molecule has 1 aromatic carbocycles. The molecule has 0 saturated heterocycles. The van der Waals surface area contributed by atoms with Gasteiger partial charge in [0.25, 0.3) is 0 Å². The van der Waals surface area contributed by atoms with Crippen LogP contribution in [0.2, 0.25) is 0 Å². The van der Waals surface area contributed by atoms with E-state index in [-0.39, 0.29) is 0 Å². The largest absolute Gasteiger partial charge is 0.377 e. The third-order valence-electron chi connectivity index (χ3n) is 2.45. The molecule has 0 unspecified atom stereocenters. The van der Waals surface area contributed by atoms with Crippen molar-refractivity contribution in [3.05, 3.63) is 47.0 Å². The number of imidazole rings is 1. The Hall–Kier alpha value is -1.29. The number of rotatable bonds is 4. The first-order valence-corrected chi connectivity index (χ1v) is 6.09. The van der Waals surface area contributed by atoms with Gasteiger partial charge in [0.2, 0.25) is 0 Å². The molecular formula is C12H14BrN3. The zero-order chi connectivity index (χ0) is 11.4. The quantitative estimate of drug-likeness (QED) is 0.931. The summed E-state index contributed by atoms with van der Waals surface area (Å²) >= 11 is 3.51.